The number of carbonyl (C=O) groups is 2. The molecule has 0 aliphatic rings. The molecule has 0 bridgehead atoms. The lowest BCUT2D eigenvalue weighted by Crippen LogP contribution is -2.36. The van der Waals surface area contributed by atoms with Crippen LogP contribution in [0, 0.1) is 20.8 Å². The zero-order valence-corrected chi connectivity index (χ0v) is 14.0. The monoisotopic (exact) mass is 310 g/mol. The van der Waals surface area contributed by atoms with E-state index in [1.54, 1.807) is 0 Å². The van der Waals surface area contributed by atoms with Crippen molar-refractivity contribution in [3.05, 3.63) is 59.2 Å². The van der Waals surface area contributed by atoms with Crippen molar-refractivity contribution in [1.29, 1.82) is 0 Å². The van der Waals surface area contributed by atoms with Crippen molar-refractivity contribution >= 4 is 23.2 Å². The summed E-state index contributed by atoms with van der Waals surface area (Å²) >= 11 is 0. The third-order valence-electron chi connectivity index (χ3n) is 3.50. The summed E-state index contributed by atoms with van der Waals surface area (Å²) in [5, 5.41) is 2.83. The zero-order chi connectivity index (χ0) is 17.0. The average molecular weight is 310 g/mol. The fraction of sp³-hybridized carbons (Fsp3) is 0.263. The number of hydrogen-bond acceptors (Lipinski definition) is 2. The van der Waals surface area contributed by atoms with Crippen LogP contribution in [0.15, 0.2) is 42.5 Å². The second-order valence-corrected chi connectivity index (χ2v) is 5.87. The van der Waals surface area contributed by atoms with Gasteiger partial charge in [0.15, 0.2) is 0 Å². The van der Waals surface area contributed by atoms with Crippen LogP contribution in [0.2, 0.25) is 0 Å². The highest BCUT2D eigenvalue weighted by Crippen LogP contribution is 2.19. The van der Waals surface area contributed by atoms with Gasteiger partial charge in [0.05, 0.1) is 0 Å². The Labute approximate surface area is 137 Å². The third-order valence-corrected chi connectivity index (χ3v) is 3.50. The lowest BCUT2D eigenvalue weighted by molar-refractivity contribution is -0.120. The van der Waals surface area contributed by atoms with Crippen LogP contribution in [0.3, 0.4) is 0 Å². The van der Waals surface area contributed by atoms with Crippen LogP contribution in [0.1, 0.15) is 23.6 Å². The summed E-state index contributed by atoms with van der Waals surface area (Å²) in [6, 6.07) is 13.4. The minimum atomic E-state index is -0.218. The van der Waals surface area contributed by atoms with Gasteiger partial charge in [0.2, 0.25) is 11.8 Å². The Morgan fingerprint density at radius 1 is 0.957 bits per heavy atom. The Morgan fingerprint density at radius 3 is 2.17 bits per heavy atom. The van der Waals surface area contributed by atoms with Gasteiger partial charge in [-0.1, -0.05) is 18.2 Å². The van der Waals surface area contributed by atoms with Gasteiger partial charge in [-0.25, -0.2) is 0 Å². The summed E-state index contributed by atoms with van der Waals surface area (Å²) in [6.45, 7) is 7.38. The van der Waals surface area contributed by atoms with Gasteiger partial charge < -0.3 is 10.2 Å². The molecule has 2 rings (SSSR count). The molecule has 2 amide bonds. The summed E-state index contributed by atoms with van der Waals surface area (Å²) in [4.78, 5) is 25.7. The lowest BCUT2D eigenvalue weighted by atomic mass is 10.1. The van der Waals surface area contributed by atoms with Crippen molar-refractivity contribution in [1.82, 2.24) is 0 Å². The van der Waals surface area contributed by atoms with Gasteiger partial charge in [0.1, 0.15) is 6.54 Å². The van der Waals surface area contributed by atoms with E-state index in [4.69, 9.17) is 0 Å². The quantitative estimate of drug-likeness (QED) is 0.938. The minimum Gasteiger partial charge on any atom is -0.325 e. The highest BCUT2D eigenvalue weighted by atomic mass is 16.2. The van der Waals surface area contributed by atoms with Crippen LogP contribution in [0.25, 0.3) is 0 Å². The van der Waals surface area contributed by atoms with E-state index in [1.807, 2.05) is 63.2 Å². The van der Waals surface area contributed by atoms with Crippen LogP contribution >= 0.6 is 0 Å². The first-order chi connectivity index (χ1) is 10.8. The molecule has 2 aromatic rings. The van der Waals surface area contributed by atoms with Crippen molar-refractivity contribution in [3.63, 3.8) is 0 Å². The number of amides is 2. The number of nitrogens with zero attached hydrogens (tertiary/aromatic N) is 1. The lowest BCUT2D eigenvalue weighted by Gasteiger charge is -2.21. The molecule has 0 atom stereocenters. The molecule has 4 nitrogen and oxygen atoms in total. The second kappa shape index (κ2) is 7.09. The molecule has 0 aliphatic carbocycles. The van der Waals surface area contributed by atoms with Gasteiger partial charge in [-0.3, -0.25) is 9.59 Å². The number of rotatable bonds is 4. The van der Waals surface area contributed by atoms with E-state index in [0.29, 0.717) is 0 Å². The van der Waals surface area contributed by atoms with E-state index < -0.39 is 0 Å². The first-order valence-corrected chi connectivity index (χ1v) is 7.58. The smallest absolute Gasteiger partial charge is 0.244 e. The molecule has 0 heterocycles. The number of benzene rings is 2. The fourth-order valence-electron chi connectivity index (χ4n) is 2.56. The van der Waals surface area contributed by atoms with Crippen molar-refractivity contribution in [2.75, 3.05) is 16.8 Å². The van der Waals surface area contributed by atoms with E-state index in [-0.39, 0.29) is 18.4 Å². The average Bonchev–Trinajstić information content (AvgIpc) is 2.43. The molecule has 0 fully saturated rings. The summed E-state index contributed by atoms with van der Waals surface area (Å²) < 4.78 is 0. The van der Waals surface area contributed by atoms with Crippen molar-refractivity contribution < 1.29 is 9.59 Å². The topological polar surface area (TPSA) is 49.4 Å². The van der Waals surface area contributed by atoms with Crippen LogP contribution in [0.4, 0.5) is 11.4 Å². The van der Waals surface area contributed by atoms with E-state index in [9.17, 15) is 9.59 Å². The molecule has 0 aromatic heterocycles. The van der Waals surface area contributed by atoms with Gasteiger partial charge in [0, 0.05) is 18.3 Å². The Balaban J connectivity index is 2.16. The molecule has 0 unspecified atom stereocenters. The van der Waals surface area contributed by atoms with Gasteiger partial charge in [-0.2, -0.15) is 0 Å². The Hall–Kier alpha value is -2.62. The van der Waals surface area contributed by atoms with E-state index >= 15 is 0 Å². The summed E-state index contributed by atoms with van der Waals surface area (Å²) in [5.41, 5.74) is 4.67. The zero-order valence-electron chi connectivity index (χ0n) is 14.0. The summed E-state index contributed by atoms with van der Waals surface area (Å²) in [6.07, 6.45) is 0. The molecular formula is C19H22N2O2. The molecular weight excluding hydrogens is 288 g/mol. The molecule has 0 saturated heterocycles. The molecule has 4 heteroatoms. The molecule has 0 spiro atoms. The molecule has 1 N–H and O–H groups in total. The second-order valence-electron chi connectivity index (χ2n) is 5.87. The number of aryl methyl sites for hydroxylation is 3. The molecule has 0 saturated carbocycles. The third kappa shape index (κ3) is 4.68. The number of nitrogens with one attached hydrogen (secondary N) is 1. The van der Waals surface area contributed by atoms with Crippen molar-refractivity contribution in [2.45, 2.75) is 27.7 Å². The number of anilines is 2. The number of carbonyl (C=O) groups excluding carboxylic acids is 2. The Kier molecular flexibility index (Phi) is 5.16. The van der Waals surface area contributed by atoms with Crippen LogP contribution in [-0.2, 0) is 9.59 Å². The minimum absolute atomic E-state index is 0.00777. The predicted octanol–water partition coefficient (Wildman–Crippen LogP) is 3.60. The SMILES string of the molecule is CC(=O)N(CC(=O)Nc1cccc(C)c1)c1cc(C)cc(C)c1. The maximum Gasteiger partial charge on any atom is 0.244 e. The normalized spacial score (nSPS) is 10.3. The van der Waals surface area contributed by atoms with E-state index in [1.165, 1.54) is 11.8 Å². The van der Waals surface area contributed by atoms with Crippen LogP contribution in [0.5, 0.6) is 0 Å². The fourth-order valence-corrected chi connectivity index (χ4v) is 2.56. The summed E-state index contributed by atoms with van der Waals surface area (Å²) in [5.74, 6) is -0.376. The standard InChI is InChI=1S/C19H22N2O2/c1-13-6-5-7-17(9-13)20-19(23)12-21(16(4)22)18-10-14(2)8-15(3)11-18/h5-11H,12H2,1-4H3,(H,20,23). The van der Waals surface area contributed by atoms with Crippen LogP contribution in [-0.4, -0.2) is 18.4 Å². The molecule has 0 radical (unpaired) electrons. The van der Waals surface area contributed by atoms with Gasteiger partial charge in [-0.05, 0) is 61.7 Å². The van der Waals surface area contributed by atoms with Gasteiger partial charge >= 0.3 is 0 Å². The highest BCUT2D eigenvalue weighted by Gasteiger charge is 2.16. The van der Waals surface area contributed by atoms with Crippen molar-refractivity contribution in [2.24, 2.45) is 0 Å². The van der Waals surface area contributed by atoms with Gasteiger partial charge in [-0.15, -0.1) is 0 Å². The Bertz CT molecular complexity index is 718. The Morgan fingerprint density at radius 2 is 1.61 bits per heavy atom. The first kappa shape index (κ1) is 16.7. The number of hydrogen-bond donors (Lipinski definition) is 1. The molecule has 120 valence electrons. The summed E-state index contributed by atoms with van der Waals surface area (Å²) in [7, 11) is 0. The first-order valence-electron chi connectivity index (χ1n) is 7.58. The van der Waals surface area contributed by atoms with E-state index in [0.717, 1.165) is 28.1 Å². The predicted molar refractivity (Wildman–Crippen MR) is 93.8 cm³/mol. The maximum absolute atomic E-state index is 12.3. The van der Waals surface area contributed by atoms with Crippen molar-refractivity contribution in [3.8, 4) is 0 Å². The molecule has 2 aromatic carbocycles. The molecule has 23 heavy (non-hydrogen) atoms. The largest absolute Gasteiger partial charge is 0.325 e. The van der Waals surface area contributed by atoms with E-state index in [2.05, 4.69) is 5.32 Å². The maximum atomic E-state index is 12.3. The van der Waals surface area contributed by atoms with Gasteiger partial charge in [0.25, 0.3) is 0 Å². The highest BCUT2D eigenvalue weighted by molar-refractivity contribution is 6.01. The molecule has 0 aliphatic heterocycles. The van der Waals surface area contributed by atoms with Crippen LogP contribution < -0.4 is 10.2 Å².